The van der Waals surface area contributed by atoms with Crippen molar-refractivity contribution >= 4 is 17.2 Å². The molecule has 3 rings (SSSR count). The van der Waals surface area contributed by atoms with Crippen LogP contribution in [0.15, 0.2) is 42.5 Å². The molecular weight excluding hydrogens is 352 g/mol. The van der Waals surface area contributed by atoms with Crippen LogP contribution in [0.1, 0.15) is 27.0 Å². The van der Waals surface area contributed by atoms with Gasteiger partial charge in [-0.3, -0.25) is 4.79 Å². The lowest BCUT2D eigenvalue weighted by Gasteiger charge is -2.07. The molecule has 1 aliphatic heterocycles. The minimum absolute atomic E-state index is 0.113. The molecule has 9 heteroatoms. The number of alkyl halides is 6. The smallest absolute Gasteiger partial charge is 0.416 e. The van der Waals surface area contributed by atoms with Gasteiger partial charge in [0.1, 0.15) is 5.56 Å². The molecule has 0 aromatic heterocycles. The third-order valence-electron chi connectivity index (χ3n) is 3.69. The number of rotatable bonds is 1. The van der Waals surface area contributed by atoms with Crippen LogP contribution in [0, 0.1) is 5.21 Å². The molecule has 0 radical (unpaired) electrons. The van der Waals surface area contributed by atoms with Crippen molar-refractivity contribution in [2.75, 3.05) is 0 Å². The van der Waals surface area contributed by atoms with E-state index in [-0.39, 0.29) is 16.0 Å². The average molecular weight is 359 g/mol. The van der Waals surface area contributed by atoms with Gasteiger partial charge in [-0.1, -0.05) is 0 Å². The number of carbonyl (C=O) groups is 1. The Morgan fingerprint density at radius 3 is 1.84 bits per heavy atom. The lowest BCUT2D eigenvalue weighted by atomic mass is 10.00. The van der Waals surface area contributed by atoms with E-state index in [9.17, 15) is 36.3 Å². The van der Waals surface area contributed by atoms with Crippen molar-refractivity contribution in [1.29, 1.82) is 0 Å². The highest BCUT2D eigenvalue weighted by atomic mass is 19.4. The van der Waals surface area contributed by atoms with Crippen LogP contribution in [0.2, 0.25) is 0 Å². The maximum Gasteiger partial charge on any atom is 0.416 e. The summed E-state index contributed by atoms with van der Waals surface area (Å²) in [6.45, 7) is 0. The Hall–Kier alpha value is -2.84. The number of Topliss-reactive ketones (excluding diaryl/α,β-unsaturated/α-hetero) is 1. The van der Waals surface area contributed by atoms with Crippen molar-refractivity contribution in [3.8, 4) is 0 Å². The maximum absolute atomic E-state index is 12.7. The Kier molecular flexibility index (Phi) is 3.63. The second kappa shape index (κ2) is 5.33. The first-order valence-electron chi connectivity index (χ1n) is 6.78. The first-order valence-corrected chi connectivity index (χ1v) is 6.78. The van der Waals surface area contributed by atoms with Crippen LogP contribution >= 0.6 is 0 Å². The number of nitrogens with zero attached hydrogens (tertiary/aromatic N) is 1. The molecule has 1 heterocycles. The second-order valence-corrected chi connectivity index (χ2v) is 5.28. The van der Waals surface area contributed by atoms with Gasteiger partial charge in [0.2, 0.25) is 5.69 Å². The summed E-state index contributed by atoms with van der Waals surface area (Å²) in [6.07, 6.45) is -9.29. The van der Waals surface area contributed by atoms with Crippen LogP contribution in [0.3, 0.4) is 0 Å². The molecule has 0 saturated heterocycles. The number of ketones is 1. The predicted octanol–water partition coefficient (Wildman–Crippen LogP) is 4.55. The van der Waals surface area contributed by atoms with E-state index in [0.717, 1.165) is 18.2 Å². The van der Waals surface area contributed by atoms with Gasteiger partial charge in [-0.15, -0.1) is 0 Å². The third-order valence-corrected chi connectivity index (χ3v) is 3.69. The first kappa shape index (κ1) is 17.0. The second-order valence-electron chi connectivity index (χ2n) is 5.28. The Morgan fingerprint density at radius 1 is 0.800 bits per heavy atom. The highest BCUT2D eigenvalue weighted by Crippen LogP contribution is 2.36. The largest absolute Gasteiger partial charge is 0.618 e. The Balaban J connectivity index is 2.04. The molecule has 2 aromatic carbocycles. The molecule has 0 saturated carbocycles. The molecule has 25 heavy (non-hydrogen) atoms. The number of halogens is 6. The van der Waals surface area contributed by atoms with Gasteiger partial charge in [0.25, 0.3) is 11.5 Å². The Morgan fingerprint density at radius 2 is 1.32 bits per heavy atom. The molecule has 1 aliphatic rings. The van der Waals surface area contributed by atoms with E-state index in [4.69, 9.17) is 0 Å². The number of carbonyl (C=O) groups excluding carboxylic acids is 1. The summed E-state index contributed by atoms with van der Waals surface area (Å²) in [6, 6.07) is 5.31. The topological polar surface area (TPSA) is 43.1 Å². The average Bonchev–Trinajstić information content (AvgIpc) is 2.77. The molecule has 0 atom stereocenters. The SMILES string of the molecule is O=C1C(c2ccc(C(F)(F)F)cc2)=[N+]([O-])c2ccc(C(F)(F)F)cc21. The van der Waals surface area contributed by atoms with Crippen LogP contribution in [-0.2, 0) is 12.4 Å². The van der Waals surface area contributed by atoms with Gasteiger partial charge in [-0.05, 0) is 36.4 Å². The Bertz CT molecular complexity index is 894. The van der Waals surface area contributed by atoms with Gasteiger partial charge in [-0.2, -0.15) is 31.1 Å². The number of hydrogen-bond acceptors (Lipinski definition) is 2. The van der Waals surface area contributed by atoms with E-state index in [1.807, 2.05) is 0 Å². The normalized spacial score (nSPS) is 14.9. The highest BCUT2D eigenvalue weighted by molar-refractivity contribution is 6.52. The molecule has 130 valence electrons. The summed E-state index contributed by atoms with van der Waals surface area (Å²) < 4.78 is 76.1. The van der Waals surface area contributed by atoms with Crippen molar-refractivity contribution in [1.82, 2.24) is 0 Å². The van der Waals surface area contributed by atoms with Crippen molar-refractivity contribution in [2.24, 2.45) is 0 Å². The molecule has 0 N–H and O–H groups in total. The van der Waals surface area contributed by atoms with Gasteiger partial charge < -0.3 is 5.21 Å². The zero-order valence-corrected chi connectivity index (χ0v) is 12.1. The molecule has 0 amide bonds. The molecule has 2 aromatic rings. The van der Waals surface area contributed by atoms with Crippen molar-refractivity contribution < 1.29 is 35.9 Å². The Labute approximate surface area is 136 Å². The van der Waals surface area contributed by atoms with E-state index in [2.05, 4.69) is 0 Å². The van der Waals surface area contributed by atoms with Gasteiger partial charge in [0.05, 0.1) is 16.7 Å². The minimum atomic E-state index is -4.69. The van der Waals surface area contributed by atoms with Crippen molar-refractivity contribution in [3.05, 3.63) is 69.9 Å². The van der Waals surface area contributed by atoms with Gasteiger partial charge in [-0.25, -0.2) is 0 Å². The zero-order chi connectivity index (χ0) is 18.6. The number of fused-ring (bicyclic) bond motifs is 1. The fourth-order valence-corrected chi connectivity index (χ4v) is 2.48. The summed E-state index contributed by atoms with van der Waals surface area (Å²) in [7, 11) is 0. The van der Waals surface area contributed by atoms with Crippen molar-refractivity contribution in [3.63, 3.8) is 0 Å². The fraction of sp³-hybridized carbons (Fsp3) is 0.125. The van der Waals surface area contributed by atoms with Crippen LogP contribution in [0.4, 0.5) is 32.0 Å². The molecule has 0 bridgehead atoms. The molecule has 3 nitrogen and oxygen atoms in total. The molecule has 0 spiro atoms. The summed E-state index contributed by atoms with van der Waals surface area (Å²) in [5.41, 5.74) is -3.44. The first-order chi connectivity index (χ1) is 11.5. The number of benzene rings is 2. The molecule has 0 aliphatic carbocycles. The van der Waals surface area contributed by atoms with Crippen LogP contribution in [0.5, 0.6) is 0 Å². The monoisotopic (exact) mass is 359 g/mol. The van der Waals surface area contributed by atoms with Crippen LogP contribution < -0.4 is 0 Å². The lowest BCUT2D eigenvalue weighted by molar-refractivity contribution is -0.355. The lowest BCUT2D eigenvalue weighted by Crippen LogP contribution is -2.17. The van der Waals surface area contributed by atoms with Crippen LogP contribution in [-0.4, -0.2) is 16.2 Å². The quantitative estimate of drug-likeness (QED) is 0.426. The summed E-state index contributed by atoms with van der Waals surface area (Å²) in [5, 5.41) is 12.2. The maximum atomic E-state index is 12.7. The predicted molar refractivity (Wildman–Crippen MR) is 74.6 cm³/mol. The molecule has 0 unspecified atom stereocenters. The van der Waals surface area contributed by atoms with Gasteiger partial charge in [0, 0.05) is 6.07 Å². The third kappa shape index (κ3) is 2.86. The summed E-state index contributed by atoms with van der Waals surface area (Å²) in [5.74, 6) is -0.976. The fourth-order valence-electron chi connectivity index (χ4n) is 2.48. The summed E-state index contributed by atoms with van der Waals surface area (Å²) in [4.78, 5) is 12.3. The van der Waals surface area contributed by atoms with Crippen LogP contribution in [0.25, 0.3) is 0 Å². The van der Waals surface area contributed by atoms with E-state index < -0.39 is 40.5 Å². The zero-order valence-electron chi connectivity index (χ0n) is 12.1. The minimum Gasteiger partial charge on any atom is -0.618 e. The standard InChI is InChI=1S/C16H7F6NO2/c17-15(18,19)9-3-1-8(2-4-9)13-14(24)11-7-10(16(20,21)22)5-6-12(11)23(13)25/h1-7H. The van der Waals surface area contributed by atoms with E-state index in [1.165, 1.54) is 0 Å². The molecular formula is C16H7F6NO2. The highest BCUT2D eigenvalue weighted by Gasteiger charge is 2.40. The summed E-state index contributed by atoms with van der Waals surface area (Å²) >= 11 is 0. The van der Waals surface area contributed by atoms with E-state index in [1.54, 1.807) is 0 Å². The van der Waals surface area contributed by atoms with Gasteiger partial charge in [0.15, 0.2) is 0 Å². The van der Waals surface area contributed by atoms with Gasteiger partial charge >= 0.3 is 12.4 Å². The number of hydrogen-bond donors (Lipinski definition) is 0. The molecule has 0 fully saturated rings. The van der Waals surface area contributed by atoms with E-state index in [0.29, 0.717) is 24.3 Å². The van der Waals surface area contributed by atoms with Crippen molar-refractivity contribution in [2.45, 2.75) is 12.4 Å². The van der Waals surface area contributed by atoms with E-state index >= 15 is 0 Å².